The number of unbranched alkanes of at least 4 members (excludes halogenated alkanes) is 2. The second kappa shape index (κ2) is 8.93. The van der Waals surface area contributed by atoms with Crippen molar-refractivity contribution in [2.45, 2.75) is 32.2 Å². The first kappa shape index (κ1) is 16.0. The van der Waals surface area contributed by atoms with E-state index in [1.54, 1.807) is 0 Å². The molecule has 0 bridgehead atoms. The molecule has 2 N–H and O–H groups in total. The summed E-state index contributed by atoms with van der Waals surface area (Å²) in [4.78, 5) is 2.11. The van der Waals surface area contributed by atoms with Crippen LogP contribution in [0.3, 0.4) is 0 Å². The van der Waals surface area contributed by atoms with Gasteiger partial charge in [-0.1, -0.05) is 6.42 Å². The molecule has 0 saturated carbocycles. The summed E-state index contributed by atoms with van der Waals surface area (Å²) in [5.74, 6) is 2.14. The standard InChI is InChI=1S/C14H25N3OS/c1-15-14(19)16-10-6-4-5-7-12-8-9-13(18-12)11-17(2)3/h8-9H,4-7,10-11H2,1-3H3,(H2,15,16,19). The fourth-order valence-corrected chi connectivity index (χ4v) is 1.95. The minimum absolute atomic E-state index is 0.722. The van der Waals surface area contributed by atoms with Gasteiger partial charge in [0.2, 0.25) is 0 Å². The predicted octanol–water partition coefficient (Wildman–Crippen LogP) is 2.15. The highest BCUT2D eigenvalue weighted by Crippen LogP contribution is 2.12. The first-order chi connectivity index (χ1) is 9.11. The van der Waals surface area contributed by atoms with Gasteiger partial charge < -0.3 is 20.0 Å². The number of thiocarbonyl (C=S) groups is 1. The van der Waals surface area contributed by atoms with Gasteiger partial charge in [-0.15, -0.1) is 0 Å². The molecule has 4 nitrogen and oxygen atoms in total. The summed E-state index contributed by atoms with van der Waals surface area (Å²) in [5.41, 5.74) is 0. The Morgan fingerprint density at radius 2 is 1.95 bits per heavy atom. The Hall–Kier alpha value is -1.07. The van der Waals surface area contributed by atoms with Crippen molar-refractivity contribution in [3.63, 3.8) is 0 Å². The summed E-state index contributed by atoms with van der Waals surface area (Å²) in [6.45, 7) is 1.80. The van der Waals surface area contributed by atoms with Crippen LogP contribution in [-0.4, -0.2) is 37.7 Å². The lowest BCUT2D eigenvalue weighted by Gasteiger charge is -2.06. The zero-order valence-corrected chi connectivity index (χ0v) is 13.0. The van der Waals surface area contributed by atoms with Gasteiger partial charge in [-0.05, 0) is 51.3 Å². The van der Waals surface area contributed by atoms with Crippen LogP contribution in [0.2, 0.25) is 0 Å². The van der Waals surface area contributed by atoms with Gasteiger partial charge in [0.05, 0.1) is 6.54 Å². The van der Waals surface area contributed by atoms with Crippen molar-refractivity contribution in [3.8, 4) is 0 Å². The predicted molar refractivity (Wildman–Crippen MR) is 83.3 cm³/mol. The van der Waals surface area contributed by atoms with Crippen molar-refractivity contribution in [1.29, 1.82) is 0 Å². The van der Waals surface area contributed by atoms with Crippen LogP contribution in [0.1, 0.15) is 30.8 Å². The molecule has 1 rings (SSSR count). The number of nitrogens with zero attached hydrogens (tertiary/aromatic N) is 1. The second-order valence-corrected chi connectivity index (χ2v) is 5.33. The number of hydrogen-bond acceptors (Lipinski definition) is 3. The van der Waals surface area contributed by atoms with Crippen LogP contribution >= 0.6 is 12.2 Å². The van der Waals surface area contributed by atoms with E-state index in [0.717, 1.165) is 49.0 Å². The first-order valence-corrected chi connectivity index (χ1v) is 7.20. The van der Waals surface area contributed by atoms with E-state index in [2.05, 4.69) is 27.7 Å². The van der Waals surface area contributed by atoms with Crippen molar-refractivity contribution in [3.05, 3.63) is 23.7 Å². The molecule has 108 valence electrons. The van der Waals surface area contributed by atoms with Gasteiger partial charge in [0.1, 0.15) is 11.5 Å². The number of furan rings is 1. The largest absolute Gasteiger partial charge is 0.465 e. The van der Waals surface area contributed by atoms with Gasteiger partial charge in [0.25, 0.3) is 0 Å². The van der Waals surface area contributed by atoms with Gasteiger partial charge in [0, 0.05) is 20.0 Å². The number of nitrogens with one attached hydrogen (secondary N) is 2. The maximum absolute atomic E-state index is 5.77. The van der Waals surface area contributed by atoms with Crippen LogP contribution < -0.4 is 10.6 Å². The van der Waals surface area contributed by atoms with Crippen LogP contribution in [-0.2, 0) is 13.0 Å². The van der Waals surface area contributed by atoms with Crippen molar-refractivity contribution in [2.24, 2.45) is 0 Å². The molecule has 0 aliphatic rings. The minimum Gasteiger partial charge on any atom is -0.465 e. The molecule has 0 amide bonds. The number of hydrogen-bond donors (Lipinski definition) is 2. The summed E-state index contributed by atoms with van der Waals surface area (Å²) in [6, 6.07) is 4.16. The molecular weight excluding hydrogens is 258 g/mol. The first-order valence-electron chi connectivity index (χ1n) is 6.79. The average molecular weight is 283 g/mol. The zero-order chi connectivity index (χ0) is 14.1. The van der Waals surface area contributed by atoms with Crippen molar-refractivity contribution in [2.75, 3.05) is 27.7 Å². The van der Waals surface area contributed by atoms with Gasteiger partial charge in [-0.25, -0.2) is 0 Å². The molecule has 1 heterocycles. The summed E-state index contributed by atoms with van der Waals surface area (Å²) < 4.78 is 5.77. The SMILES string of the molecule is CNC(=S)NCCCCCc1ccc(CN(C)C)o1. The molecule has 0 fully saturated rings. The fourth-order valence-electron chi connectivity index (χ4n) is 1.84. The van der Waals surface area contributed by atoms with Crippen molar-refractivity contribution >= 4 is 17.3 Å². The normalized spacial score (nSPS) is 10.7. The van der Waals surface area contributed by atoms with Gasteiger partial charge in [-0.3, -0.25) is 0 Å². The smallest absolute Gasteiger partial charge is 0.166 e. The van der Waals surface area contributed by atoms with E-state index in [4.69, 9.17) is 16.6 Å². The third-order valence-corrected chi connectivity index (χ3v) is 3.15. The second-order valence-electron chi connectivity index (χ2n) is 4.92. The van der Waals surface area contributed by atoms with Crippen LogP contribution in [0.25, 0.3) is 0 Å². The highest BCUT2D eigenvalue weighted by atomic mass is 32.1. The lowest BCUT2D eigenvalue weighted by molar-refractivity contribution is 0.340. The molecule has 0 aromatic carbocycles. The van der Waals surface area contributed by atoms with Crippen LogP contribution in [0.5, 0.6) is 0 Å². The van der Waals surface area contributed by atoms with E-state index in [9.17, 15) is 0 Å². The minimum atomic E-state index is 0.722. The van der Waals surface area contributed by atoms with Gasteiger partial charge >= 0.3 is 0 Å². The Balaban J connectivity index is 2.09. The molecule has 5 heteroatoms. The van der Waals surface area contributed by atoms with Crippen molar-refractivity contribution < 1.29 is 4.42 Å². The zero-order valence-electron chi connectivity index (χ0n) is 12.2. The topological polar surface area (TPSA) is 40.4 Å². The number of aryl methyl sites for hydroxylation is 1. The molecule has 0 radical (unpaired) electrons. The van der Waals surface area contributed by atoms with Crippen LogP contribution in [0.15, 0.2) is 16.5 Å². The fraction of sp³-hybridized carbons (Fsp3) is 0.643. The van der Waals surface area contributed by atoms with Crippen LogP contribution in [0, 0.1) is 0 Å². The summed E-state index contributed by atoms with van der Waals surface area (Å²) >= 11 is 5.01. The quantitative estimate of drug-likeness (QED) is 0.565. The Bertz CT molecular complexity index is 377. The van der Waals surface area contributed by atoms with Gasteiger partial charge in [0.15, 0.2) is 5.11 Å². The van der Waals surface area contributed by atoms with E-state index in [0.29, 0.717) is 0 Å². The molecule has 1 aromatic rings. The molecule has 0 aliphatic carbocycles. The highest BCUT2D eigenvalue weighted by molar-refractivity contribution is 7.80. The molecule has 0 saturated heterocycles. The maximum Gasteiger partial charge on any atom is 0.166 e. The molecule has 0 aliphatic heterocycles. The molecule has 0 spiro atoms. The Morgan fingerprint density at radius 3 is 2.63 bits per heavy atom. The Kier molecular flexibility index (Phi) is 7.52. The molecular formula is C14H25N3OS. The molecule has 0 atom stereocenters. The van der Waals surface area contributed by atoms with Crippen molar-refractivity contribution in [1.82, 2.24) is 15.5 Å². The van der Waals surface area contributed by atoms with Crippen LogP contribution in [0.4, 0.5) is 0 Å². The van der Waals surface area contributed by atoms with Gasteiger partial charge in [-0.2, -0.15) is 0 Å². The summed E-state index contributed by atoms with van der Waals surface area (Å²) in [6.07, 6.45) is 4.49. The Labute approximate surface area is 121 Å². The van der Waals surface area contributed by atoms with E-state index in [1.807, 2.05) is 21.1 Å². The average Bonchev–Trinajstić information content (AvgIpc) is 2.79. The molecule has 1 aromatic heterocycles. The molecule has 19 heavy (non-hydrogen) atoms. The lowest BCUT2D eigenvalue weighted by atomic mass is 10.1. The lowest BCUT2D eigenvalue weighted by Crippen LogP contribution is -2.32. The third kappa shape index (κ3) is 7.18. The summed E-state index contributed by atoms with van der Waals surface area (Å²) in [7, 11) is 5.92. The monoisotopic (exact) mass is 283 g/mol. The highest BCUT2D eigenvalue weighted by Gasteiger charge is 2.03. The van der Waals surface area contributed by atoms with E-state index in [-0.39, 0.29) is 0 Å². The van der Waals surface area contributed by atoms with E-state index in [1.165, 1.54) is 6.42 Å². The number of rotatable bonds is 8. The van der Waals surface area contributed by atoms with E-state index < -0.39 is 0 Å². The Morgan fingerprint density at radius 1 is 1.21 bits per heavy atom. The molecule has 0 unspecified atom stereocenters. The van der Waals surface area contributed by atoms with E-state index >= 15 is 0 Å². The maximum atomic E-state index is 5.77. The third-order valence-electron chi connectivity index (χ3n) is 2.80. The summed E-state index contributed by atoms with van der Waals surface area (Å²) in [5, 5.41) is 6.77.